The fourth-order valence-corrected chi connectivity index (χ4v) is 8.49. The third-order valence-electron chi connectivity index (χ3n) is 10.2. The maximum absolute atomic E-state index is 13.6. The van der Waals surface area contributed by atoms with Gasteiger partial charge in [0.05, 0.1) is 11.7 Å². The zero-order chi connectivity index (χ0) is 33.4. The zero-order valence-electron chi connectivity index (χ0n) is 28.0. The van der Waals surface area contributed by atoms with Crippen LogP contribution in [-0.4, -0.2) is 33.2 Å². The van der Waals surface area contributed by atoms with E-state index in [1.165, 1.54) is 0 Å². The van der Waals surface area contributed by atoms with Crippen LogP contribution in [0.3, 0.4) is 0 Å². The van der Waals surface area contributed by atoms with Crippen LogP contribution < -0.4 is 0 Å². The summed E-state index contributed by atoms with van der Waals surface area (Å²) in [6.07, 6.45) is 1.71. The van der Waals surface area contributed by atoms with Crippen molar-refractivity contribution < 1.29 is 33.3 Å². The Balaban J connectivity index is 2.01. The van der Waals surface area contributed by atoms with Gasteiger partial charge in [-0.25, -0.2) is 0 Å². The van der Waals surface area contributed by atoms with Gasteiger partial charge in [0.1, 0.15) is 11.0 Å². The molecule has 0 radical (unpaired) electrons. The molecule has 0 N–H and O–H groups in total. The predicted molar refractivity (Wildman–Crippen MR) is 173 cm³/mol. The fraction of sp³-hybridized carbons (Fsp3) is 0.647. The molecule has 2 saturated heterocycles. The molecule has 44 heavy (non-hydrogen) atoms. The van der Waals surface area contributed by atoms with Gasteiger partial charge in [-0.1, -0.05) is 92.2 Å². The number of halogens is 5. The Morgan fingerprint density at radius 1 is 1.02 bits per heavy atom. The molecule has 1 spiro atoms. The average Bonchev–Trinajstić information content (AvgIpc) is 3.14. The van der Waals surface area contributed by atoms with E-state index in [-0.39, 0.29) is 22.5 Å². The first-order chi connectivity index (χ1) is 19.7. The van der Waals surface area contributed by atoms with E-state index < -0.39 is 35.1 Å². The topological polar surface area (TPSA) is 27.7 Å². The summed E-state index contributed by atoms with van der Waals surface area (Å²) in [4.78, 5) is -1.90. The van der Waals surface area contributed by atoms with Crippen molar-refractivity contribution in [3.05, 3.63) is 64.3 Å². The van der Waals surface area contributed by atoms with Crippen LogP contribution in [0.1, 0.15) is 92.7 Å². The molecule has 2 atom stereocenters. The number of allylic oxidation sites excluding steroid dienone is 1. The highest BCUT2D eigenvalue weighted by atomic mass is 32.5. The molecule has 2 heterocycles. The van der Waals surface area contributed by atoms with E-state index in [9.17, 15) is 19.4 Å². The highest BCUT2D eigenvalue weighted by Crippen LogP contribution is 3.02. The zero-order valence-corrected chi connectivity index (χ0v) is 29.8. The Kier molecular flexibility index (Phi) is 8.46. The second-order valence-corrected chi connectivity index (χ2v) is 22.9. The monoisotopic (exact) mass is 662 g/mol. The molecule has 0 amide bonds. The minimum atomic E-state index is -9.83. The van der Waals surface area contributed by atoms with Crippen molar-refractivity contribution in [1.82, 2.24) is 0 Å². The van der Waals surface area contributed by atoms with Gasteiger partial charge in [-0.05, 0) is 89.2 Å². The number of rotatable bonds is 5. The van der Waals surface area contributed by atoms with Crippen molar-refractivity contribution in [1.29, 1.82) is 0 Å². The Morgan fingerprint density at radius 2 is 1.57 bits per heavy atom. The summed E-state index contributed by atoms with van der Waals surface area (Å²) in [7, 11) is -12.1. The molecular formula is C34H51F5O3SSi. The first-order valence-corrected chi connectivity index (χ1v) is 20.5. The third kappa shape index (κ3) is 6.94. The number of hydrogen-bond donors (Lipinski definition) is 0. The van der Waals surface area contributed by atoms with Crippen molar-refractivity contribution in [2.45, 2.75) is 122 Å². The van der Waals surface area contributed by atoms with E-state index in [0.717, 1.165) is 52.8 Å². The van der Waals surface area contributed by atoms with Gasteiger partial charge in [0, 0.05) is 26.1 Å². The van der Waals surface area contributed by atoms with Crippen LogP contribution in [0.4, 0.5) is 19.4 Å². The molecule has 0 unspecified atom stereocenters. The molecule has 1 aromatic carbocycles. The van der Waals surface area contributed by atoms with Gasteiger partial charge in [-0.2, -0.15) is 0 Å². The Hall–Kier alpha value is -1.46. The van der Waals surface area contributed by atoms with Crippen LogP contribution in [0.5, 0.6) is 0 Å². The quantitative estimate of drug-likeness (QED) is 0.232. The molecule has 250 valence electrons. The molecule has 1 saturated carbocycles. The van der Waals surface area contributed by atoms with Crippen molar-refractivity contribution >= 4 is 18.5 Å². The Bertz CT molecular complexity index is 1360. The summed E-state index contributed by atoms with van der Waals surface area (Å²) in [5, 5.41) is -0.0338. The lowest BCUT2D eigenvalue weighted by Crippen LogP contribution is -2.48. The van der Waals surface area contributed by atoms with Gasteiger partial charge in [0.2, 0.25) is 0 Å². The first kappa shape index (κ1) is 35.4. The van der Waals surface area contributed by atoms with Gasteiger partial charge >= 0.3 is 10.2 Å². The average molecular weight is 663 g/mol. The molecule has 0 aromatic heterocycles. The largest absolute Gasteiger partial charge is 0.410 e. The standard InChI is InChI=1S/C34H51F5O3SSi/c1-22(2)24(4)29-30(28-23(3)20-33(8,9)21-27(28)42-44(10,11)32(5,6)7)34(16-18-40-19-17-34)41-31(29)25-12-14-26(15-13-25)43(35,36,37,38)39/h12-15,22,27,31H,3,16-21H2,1-2,4-11H3/b29-24-,30-28?/t27-,31+/m0/s1. The summed E-state index contributed by atoms with van der Waals surface area (Å²) in [5.41, 5.74) is 4.57. The van der Waals surface area contributed by atoms with Crippen LogP contribution in [-0.2, 0) is 13.9 Å². The molecular weight excluding hydrogens is 612 g/mol. The highest BCUT2D eigenvalue weighted by molar-refractivity contribution is 8.45. The van der Waals surface area contributed by atoms with Crippen LogP contribution >= 0.6 is 10.2 Å². The van der Waals surface area contributed by atoms with Crippen LogP contribution in [0, 0.1) is 11.3 Å². The molecule has 0 bridgehead atoms. The maximum atomic E-state index is 13.6. The summed E-state index contributed by atoms with van der Waals surface area (Å²) in [5.74, 6) is 0.0960. The molecule has 3 nitrogen and oxygen atoms in total. The summed E-state index contributed by atoms with van der Waals surface area (Å²) >= 11 is 0. The van der Waals surface area contributed by atoms with E-state index in [4.69, 9.17) is 13.9 Å². The smallest absolute Gasteiger partial charge is 0.310 e. The van der Waals surface area contributed by atoms with Gasteiger partial charge < -0.3 is 13.9 Å². The molecule has 10 heteroatoms. The summed E-state index contributed by atoms with van der Waals surface area (Å²) < 4.78 is 88.2. The van der Waals surface area contributed by atoms with E-state index in [2.05, 4.69) is 68.1 Å². The predicted octanol–water partition coefficient (Wildman–Crippen LogP) is 12.0. The first-order valence-electron chi connectivity index (χ1n) is 15.6. The number of hydrogen-bond acceptors (Lipinski definition) is 3. The molecule has 3 fully saturated rings. The van der Waals surface area contributed by atoms with Crippen molar-refractivity contribution in [2.24, 2.45) is 11.3 Å². The van der Waals surface area contributed by atoms with Crippen molar-refractivity contribution in [3.8, 4) is 0 Å². The molecule has 2 aliphatic heterocycles. The molecule has 1 aromatic rings. The second kappa shape index (κ2) is 10.5. The normalized spacial score (nSPS) is 29.1. The van der Waals surface area contributed by atoms with E-state index >= 15 is 0 Å². The van der Waals surface area contributed by atoms with Crippen LogP contribution in [0.15, 0.2) is 63.6 Å². The Morgan fingerprint density at radius 3 is 2.05 bits per heavy atom. The highest BCUT2D eigenvalue weighted by Gasteiger charge is 2.65. The van der Waals surface area contributed by atoms with Gasteiger partial charge in [0.15, 0.2) is 8.32 Å². The summed E-state index contributed by atoms with van der Waals surface area (Å²) in [6, 6.07) is 3.29. The van der Waals surface area contributed by atoms with E-state index in [0.29, 0.717) is 43.8 Å². The minimum Gasteiger partial charge on any atom is -0.410 e. The minimum absolute atomic E-state index is 0.0338. The second-order valence-electron chi connectivity index (χ2n) is 15.7. The van der Waals surface area contributed by atoms with Crippen molar-refractivity contribution in [3.63, 3.8) is 0 Å². The SMILES string of the molecule is C=C1CC(C)(C)C[C@H](O[Si](C)(C)C(C)(C)C)C1=C1/C(=C(\C)C(C)C)[C@@H](c2ccc(S(F)(F)(F)(F)F)cc2)OC12CCOCC2. The molecule has 1 aliphatic carbocycles. The maximum Gasteiger partial charge on any atom is 0.310 e. The molecule has 4 rings (SSSR count). The van der Waals surface area contributed by atoms with Crippen molar-refractivity contribution in [2.75, 3.05) is 13.2 Å². The lowest BCUT2D eigenvalue weighted by Gasteiger charge is -2.47. The fourth-order valence-electron chi connectivity index (χ4n) is 6.58. The van der Waals surface area contributed by atoms with Gasteiger partial charge in [-0.3, -0.25) is 0 Å². The van der Waals surface area contributed by atoms with E-state index in [1.807, 2.05) is 6.92 Å². The van der Waals surface area contributed by atoms with Crippen LogP contribution in [0.25, 0.3) is 0 Å². The van der Waals surface area contributed by atoms with Crippen LogP contribution in [0.2, 0.25) is 18.1 Å². The van der Waals surface area contributed by atoms with E-state index in [1.54, 1.807) is 0 Å². The lowest BCUT2D eigenvalue weighted by molar-refractivity contribution is -0.0889. The third-order valence-corrected chi connectivity index (χ3v) is 15.8. The number of benzene rings is 1. The Labute approximate surface area is 262 Å². The number of ether oxygens (including phenoxy) is 2. The van der Waals surface area contributed by atoms with Gasteiger partial charge in [-0.15, -0.1) is 0 Å². The molecule has 3 aliphatic rings. The van der Waals surface area contributed by atoms with Gasteiger partial charge in [0.25, 0.3) is 0 Å². The summed E-state index contributed by atoms with van der Waals surface area (Å²) in [6.45, 7) is 27.3. The lowest BCUT2D eigenvalue weighted by atomic mass is 9.67.